The minimum Gasteiger partial charge on any atom is -0.454 e. The van der Waals surface area contributed by atoms with Crippen molar-refractivity contribution in [2.45, 2.75) is 6.54 Å². The fourth-order valence-corrected chi connectivity index (χ4v) is 2.91. The van der Waals surface area contributed by atoms with E-state index < -0.39 is 24.2 Å². The summed E-state index contributed by atoms with van der Waals surface area (Å²) in [6.45, 7) is 0.0584. The molecule has 1 heterocycles. The van der Waals surface area contributed by atoms with Crippen LogP contribution in [0.4, 0.5) is 4.39 Å². The Balaban J connectivity index is 1.38. The Morgan fingerprint density at radius 2 is 1.72 bits per heavy atom. The van der Waals surface area contributed by atoms with Gasteiger partial charge < -0.3 is 4.74 Å². The van der Waals surface area contributed by atoms with Crippen molar-refractivity contribution in [1.82, 2.24) is 15.0 Å². The van der Waals surface area contributed by atoms with Crippen LogP contribution in [0.3, 0.4) is 0 Å². The van der Waals surface area contributed by atoms with Crippen LogP contribution in [0.5, 0.6) is 0 Å². The molecule has 0 fully saturated rings. The van der Waals surface area contributed by atoms with E-state index in [1.807, 2.05) is 24.3 Å². The molecule has 0 spiro atoms. The lowest BCUT2D eigenvalue weighted by Gasteiger charge is -2.06. The van der Waals surface area contributed by atoms with Gasteiger partial charge in [-0.1, -0.05) is 41.6 Å². The van der Waals surface area contributed by atoms with E-state index in [1.165, 1.54) is 18.2 Å². The van der Waals surface area contributed by atoms with E-state index in [9.17, 15) is 14.0 Å². The molecule has 6 nitrogen and oxygen atoms in total. The lowest BCUT2D eigenvalue weighted by Crippen LogP contribution is -2.14. The van der Waals surface area contributed by atoms with Gasteiger partial charge in [0.05, 0.1) is 17.6 Å². The number of carbonyl (C=O) groups is 2. The number of aromatic nitrogens is 3. The van der Waals surface area contributed by atoms with Crippen LogP contribution in [0.1, 0.15) is 26.3 Å². The Bertz CT molecular complexity index is 1190. The monoisotopic (exact) mass is 389 g/mol. The topological polar surface area (TPSA) is 74.1 Å². The van der Waals surface area contributed by atoms with Gasteiger partial charge >= 0.3 is 5.97 Å². The SMILES string of the molecule is O=C(COC(=O)c1ccc(Cn2nnc3ccccc32)cc1)c1cccc(F)c1. The summed E-state index contributed by atoms with van der Waals surface area (Å²) in [4.78, 5) is 24.2. The summed E-state index contributed by atoms with van der Waals surface area (Å²) in [6, 6.07) is 19.8. The fraction of sp³-hybridized carbons (Fsp3) is 0.0909. The summed E-state index contributed by atoms with van der Waals surface area (Å²) < 4.78 is 20.0. The van der Waals surface area contributed by atoms with Gasteiger partial charge in [0.2, 0.25) is 0 Å². The molecule has 3 aromatic carbocycles. The molecule has 4 aromatic rings. The number of fused-ring (bicyclic) bond motifs is 1. The maximum absolute atomic E-state index is 13.2. The van der Waals surface area contributed by atoms with Crippen molar-refractivity contribution in [3.63, 3.8) is 0 Å². The number of nitrogens with zero attached hydrogens (tertiary/aromatic N) is 3. The molecule has 0 bridgehead atoms. The highest BCUT2D eigenvalue weighted by molar-refractivity contribution is 5.99. The lowest BCUT2D eigenvalue weighted by molar-refractivity contribution is 0.0474. The van der Waals surface area contributed by atoms with E-state index in [1.54, 1.807) is 28.9 Å². The van der Waals surface area contributed by atoms with Crippen LogP contribution in [-0.2, 0) is 11.3 Å². The van der Waals surface area contributed by atoms with Crippen molar-refractivity contribution < 1.29 is 18.7 Å². The number of hydrogen-bond acceptors (Lipinski definition) is 5. The zero-order valence-corrected chi connectivity index (χ0v) is 15.3. The van der Waals surface area contributed by atoms with Crippen molar-refractivity contribution >= 4 is 22.8 Å². The van der Waals surface area contributed by atoms with E-state index in [0.29, 0.717) is 12.1 Å². The standard InChI is InChI=1S/C22H16FN3O3/c23-18-5-3-4-17(12-18)21(27)14-29-22(28)16-10-8-15(9-11-16)13-26-20-7-2-1-6-19(20)24-25-26/h1-12H,13-14H2. The molecule has 0 aliphatic carbocycles. The zero-order chi connectivity index (χ0) is 20.2. The summed E-state index contributed by atoms with van der Waals surface area (Å²) in [5, 5.41) is 8.26. The molecule has 4 rings (SSSR count). The molecular formula is C22H16FN3O3. The maximum Gasteiger partial charge on any atom is 0.338 e. The van der Waals surface area contributed by atoms with Gasteiger partial charge in [-0.05, 0) is 42.0 Å². The van der Waals surface area contributed by atoms with Crippen LogP contribution in [0.25, 0.3) is 11.0 Å². The number of rotatable bonds is 6. The summed E-state index contributed by atoms with van der Waals surface area (Å²) >= 11 is 0. The lowest BCUT2D eigenvalue weighted by atomic mass is 10.1. The Morgan fingerprint density at radius 1 is 0.931 bits per heavy atom. The van der Waals surface area contributed by atoms with Crippen LogP contribution >= 0.6 is 0 Å². The molecule has 0 saturated heterocycles. The third-order valence-corrected chi connectivity index (χ3v) is 4.42. The Labute approximate surface area is 165 Å². The van der Waals surface area contributed by atoms with Gasteiger partial charge in [-0.25, -0.2) is 13.9 Å². The van der Waals surface area contributed by atoms with Gasteiger partial charge in [0, 0.05) is 5.56 Å². The van der Waals surface area contributed by atoms with Crippen LogP contribution in [0, 0.1) is 5.82 Å². The first-order valence-electron chi connectivity index (χ1n) is 8.93. The molecular weight excluding hydrogens is 373 g/mol. The van der Waals surface area contributed by atoms with Crippen LogP contribution in [-0.4, -0.2) is 33.4 Å². The molecule has 1 aromatic heterocycles. The molecule has 0 saturated carbocycles. The number of ketones is 1. The van der Waals surface area contributed by atoms with E-state index in [0.717, 1.165) is 22.7 Å². The van der Waals surface area contributed by atoms with Crippen molar-refractivity contribution in [2.24, 2.45) is 0 Å². The molecule has 0 radical (unpaired) electrons. The molecule has 0 aliphatic rings. The summed E-state index contributed by atoms with van der Waals surface area (Å²) in [5.74, 6) is -1.60. The molecule has 0 amide bonds. The van der Waals surface area contributed by atoms with Gasteiger partial charge in [0.25, 0.3) is 0 Å². The smallest absolute Gasteiger partial charge is 0.338 e. The van der Waals surface area contributed by atoms with Gasteiger partial charge in [-0.15, -0.1) is 5.10 Å². The van der Waals surface area contributed by atoms with Crippen LogP contribution in [0.2, 0.25) is 0 Å². The first kappa shape index (κ1) is 18.5. The number of para-hydroxylation sites is 1. The number of carbonyl (C=O) groups excluding carboxylic acids is 2. The number of ether oxygens (including phenoxy) is 1. The van der Waals surface area contributed by atoms with Crippen LogP contribution in [0.15, 0.2) is 72.8 Å². The van der Waals surface area contributed by atoms with Gasteiger partial charge in [0.15, 0.2) is 12.4 Å². The number of esters is 1. The fourth-order valence-electron chi connectivity index (χ4n) is 2.91. The minimum atomic E-state index is -0.618. The molecule has 0 aliphatic heterocycles. The van der Waals surface area contributed by atoms with Gasteiger partial charge in [-0.2, -0.15) is 0 Å². The van der Waals surface area contributed by atoms with Crippen molar-refractivity contribution in [3.8, 4) is 0 Å². The molecule has 0 unspecified atom stereocenters. The summed E-state index contributed by atoms with van der Waals surface area (Å²) in [6.07, 6.45) is 0. The largest absolute Gasteiger partial charge is 0.454 e. The van der Waals surface area contributed by atoms with E-state index >= 15 is 0 Å². The highest BCUT2D eigenvalue weighted by Gasteiger charge is 2.13. The third kappa shape index (κ3) is 4.19. The quantitative estimate of drug-likeness (QED) is 0.372. The normalized spacial score (nSPS) is 10.8. The first-order chi connectivity index (χ1) is 14.1. The number of Topliss-reactive ketones (excluding diaryl/α,β-unsaturated/α-hetero) is 1. The van der Waals surface area contributed by atoms with Gasteiger partial charge in [-0.3, -0.25) is 4.79 Å². The summed E-state index contributed by atoms with van der Waals surface area (Å²) in [5.41, 5.74) is 3.16. The number of hydrogen-bond donors (Lipinski definition) is 0. The van der Waals surface area contributed by atoms with E-state index in [-0.39, 0.29) is 5.56 Å². The predicted octanol–water partition coefficient (Wildman–Crippen LogP) is 3.66. The first-order valence-corrected chi connectivity index (χ1v) is 8.93. The average molecular weight is 389 g/mol. The van der Waals surface area contributed by atoms with E-state index in [4.69, 9.17) is 4.74 Å². The maximum atomic E-state index is 13.2. The molecule has 144 valence electrons. The van der Waals surface area contributed by atoms with Crippen LogP contribution < -0.4 is 0 Å². The Hall–Kier alpha value is -3.87. The minimum absolute atomic E-state index is 0.160. The Morgan fingerprint density at radius 3 is 2.52 bits per heavy atom. The summed E-state index contributed by atoms with van der Waals surface area (Å²) in [7, 11) is 0. The second-order valence-electron chi connectivity index (χ2n) is 6.44. The van der Waals surface area contributed by atoms with E-state index in [2.05, 4.69) is 10.3 Å². The zero-order valence-electron chi connectivity index (χ0n) is 15.3. The molecule has 0 atom stereocenters. The average Bonchev–Trinajstić information content (AvgIpc) is 3.15. The molecule has 0 N–H and O–H groups in total. The van der Waals surface area contributed by atoms with Crippen molar-refractivity contribution in [3.05, 3.63) is 95.3 Å². The predicted molar refractivity (Wildman–Crippen MR) is 104 cm³/mol. The van der Waals surface area contributed by atoms with Crippen molar-refractivity contribution in [1.29, 1.82) is 0 Å². The number of benzene rings is 3. The third-order valence-electron chi connectivity index (χ3n) is 4.42. The number of halogens is 1. The van der Waals surface area contributed by atoms with Crippen molar-refractivity contribution in [2.75, 3.05) is 6.61 Å². The second kappa shape index (κ2) is 8.02. The Kier molecular flexibility index (Phi) is 5.11. The van der Waals surface area contributed by atoms with Gasteiger partial charge in [0.1, 0.15) is 11.3 Å². The highest BCUT2D eigenvalue weighted by Crippen LogP contribution is 2.13. The highest BCUT2D eigenvalue weighted by atomic mass is 19.1. The molecule has 29 heavy (non-hydrogen) atoms. The second-order valence-corrected chi connectivity index (χ2v) is 6.44. The molecule has 7 heteroatoms.